The molecule has 18 heavy (non-hydrogen) atoms. The summed E-state index contributed by atoms with van der Waals surface area (Å²) in [7, 11) is 0. The van der Waals surface area contributed by atoms with Gasteiger partial charge in [0.05, 0.1) is 5.41 Å². The molecule has 0 bridgehead atoms. The van der Waals surface area contributed by atoms with Crippen LogP contribution >= 0.6 is 0 Å². The van der Waals surface area contributed by atoms with Crippen LogP contribution in [0, 0.1) is 5.41 Å². The Hall–Kier alpha value is -1.79. The van der Waals surface area contributed by atoms with Crippen LogP contribution in [0.5, 0.6) is 0 Å². The van der Waals surface area contributed by atoms with Crippen LogP contribution in [-0.2, 0) is 9.59 Å². The molecule has 0 radical (unpaired) electrons. The van der Waals surface area contributed by atoms with Crippen LogP contribution in [-0.4, -0.2) is 35.6 Å². The van der Waals surface area contributed by atoms with Crippen molar-refractivity contribution in [3.8, 4) is 0 Å². The van der Waals surface area contributed by atoms with Crippen molar-refractivity contribution in [2.24, 2.45) is 11.1 Å². The second-order valence-corrected chi connectivity index (χ2v) is 4.75. The molecule has 0 aromatic rings. The van der Waals surface area contributed by atoms with E-state index in [1.54, 1.807) is 13.8 Å². The Balaban J connectivity index is 4.26. The molecule has 0 aliphatic rings. The summed E-state index contributed by atoms with van der Waals surface area (Å²) in [5.74, 6) is -1.62. The lowest BCUT2D eigenvalue weighted by Gasteiger charge is -2.21. The maximum absolute atomic E-state index is 11.5. The van der Waals surface area contributed by atoms with Crippen molar-refractivity contribution in [3.63, 3.8) is 0 Å². The third-order valence-corrected chi connectivity index (χ3v) is 2.54. The fourth-order valence-corrected chi connectivity index (χ4v) is 1.14. The molecule has 5 N–H and O–H groups in total. The lowest BCUT2D eigenvalue weighted by Crippen LogP contribution is -2.50. The van der Waals surface area contributed by atoms with Gasteiger partial charge in [0.15, 0.2) is 0 Å². The molecule has 7 nitrogen and oxygen atoms in total. The van der Waals surface area contributed by atoms with Crippen LogP contribution < -0.4 is 16.4 Å². The Labute approximate surface area is 106 Å². The van der Waals surface area contributed by atoms with Gasteiger partial charge >= 0.3 is 12.0 Å². The Morgan fingerprint density at radius 1 is 1.33 bits per heavy atom. The zero-order valence-electron chi connectivity index (χ0n) is 10.9. The topological polar surface area (TPSA) is 122 Å². The number of hydrogen-bond donors (Lipinski definition) is 4. The molecular weight excluding hydrogens is 238 g/mol. The maximum atomic E-state index is 11.5. The van der Waals surface area contributed by atoms with Crippen molar-refractivity contribution >= 4 is 17.9 Å². The summed E-state index contributed by atoms with van der Waals surface area (Å²) in [5.41, 5.74) is 4.27. The standard InChI is InChI=1S/C11H21N3O4/c1-4-5-7(8(15)16)14-10(18)13-6-11(2,3)9(12)17/h7H,4-6H2,1-3H3,(H2,12,17)(H,15,16)(H2,13,14,18)/t7-/m0/s1. The number of nitrogens with two attached hydrogens (primary N) is 1. The van der Waals surface area contributed by atoms with E-state index in [0.717, 1.165) is 0 Å². The molecule has 0 fully saturated rings. The first-order valence-electron chi connectivity index (χ1n) is 5.77. The summed E-state index contributed by atoms with van der Waals surface area (Å²) in [4.78, 5) is 33.3. The lowest BCUT2D eigenvalue weighted by atomic mass is 9.93. The van der Waals surface area contributed by atoms with Gasteiger partial charge in [-0.1, -0.05) is 13.3 Å². The number of rotatable bonds is 7. The smallest absolute Gasteiger partial charge is 0.326 e. The molecule has 0 heterocycles. The van der Waals surface area contributed by atoms with E-state index in [1.807, 2.05) is 6.92 Å². The highest BCUT2D eigenvalue weighted by Crippen LogP contribution is 2.11. The van der Waals surface area contributed by atoms with Crippen LogP contribution in [0.3, 0.4) is 0 Å². The van der Waals surface area contributed by atoms with Crippen molar-refractivity contribution in [1.82, 2.24) is 10.6 Å². The van der Waals surface area contributed by atoms with Gasteiger partial charge in [0, 0.05) is 6.54 Å². The number of carbonyl (C=O) groups excluding carboxylic acids is 2. The monoisotopic (exact) mass is 259 g/mol. The van der Waals surface area contributed by atoms with Gasteiger partial charge in [-0.25, -0.2) is 9.59 Å². The van der Waals surface area contributed by atoms with Crippen LogP contribution in [0.1, 0.15) is 33.6 Å². The van der Waals surface area contributed by atoms with E-state index in [-0.39, 0.29) is 6.54 Å². The number of primary amides is 1. The molecule has 0 unspecified atom stereocenters. The number of urea groups is 1. The van der Waals surface area contributed by atoms with Crippen LogP contribution in [0.15, 0.2) is 0 Å². The maximum Gasteiger partial charge on any atom is 0.326 e. The minimum atomic E-state index is -1.08. The first-order chi connectivity index (χ1) is 8.20. The number of amides is 3. The quantitative estimate of drug-likeness (QED) is 0.516. The number of nitrogens with one attached hydrogen (secondary N) is 2. The third-order valence-electron chi connectivity index (χ3n) is 2.54. The molecule has 0 aromatic heterocycles. The molecule has 3 amide bonds. The fourth-order valence-electron chi connectivity index (χ4n) is 1.14. The lowest BCUT2D eigenvalue weighted by molar-refractivity contribution is -0.139. The van der Waals surface area contributed by atoms with Gasteiger partial charge in [0.25, 0.3) is 0 Å². The molecule has 0 rings (SSSR count). The molecule has 1 atom stereocenters. The predicted octanol–water partition coefficient (Wildman–Crippen LogP) is 0.0504. The summed E-state index contributed by atoms with van der Waals surface area (Å²) >= 11 is 0. The van der Waals surface area contributed by atoms with Crippen LogP contribution in [0.2, 0.25) is 0 Å². The highest BCUT2D eigenvalue weighted by molar-refractivity contribution is 5.84. The zero-order valence-corrected chi connectivity index (χ0v) is 10.9. The molecular formula is C11H21N3O4. The number of carbonyl (C=O) groups is 3. The van der Waals surface area contributed by atoms with Gasteiger partial charge in [-0.2, -0.15) is 0 Å². The predicted molar refractivity (Wildman–Crippen MR) is 65.8 cm³/mol. The molecule has 0 saturated heterocycles. The molecule has 0 aliphatic carbocycles. The zero-order chi connectivity index (χ0) is 14.3. The van der Waals surface area contributed by atoms with E-state index >= 15 is 0 Å². The minimum absolute atomic E-state index is 0.0482. The summed E-state index contributed by atoms with van der Waals surface area (Å²) in [6.45, 7) is 5.06. The fraction of sp³-hybridized carbons (Fsp3) is 0.727. The van der Waals surface area contributed by atoms with Gasteiger partial charge in [-0.15, -0.1) is 0 Å². The Morgan fingerprint density at radius 2 is 1.89 bits per heavy atom. The van der Waals surface area contributed by atoms with Gasteiger partial charge in [-0.05, 0) is 20.3 Å². The average Bonchev–Trinajstić information content (AvgIpc) is 2.25. The number of aliphatic carboxylic acids is 1. The first kappa shape index (κ1) is 16.2. The van der Waals surface area contributed by atoms with E-state index in [4.69, 9.17) is 10.8 Å². The molecule has 104 valence electrons. The van der Waals surface area contributed by atoms with Crippen LogP contribution in [0.25, 0.3) is 0 Å². The van der Waals surface area contributed by atoms with Gasteiger partial charge in [0.1, 0.15) is 6.04 Å². The SMILES string of the molecule is CCC[C@H](NC(=O)NCC(C)(C)C(N)=O)C(=O)O. The van der Waals surface area contributed by atoms with Crippen molar-refractivity contribution < 1.29 is 19.5 Å². The Bertz CT molecular complexity index is 328. The average molecular weight is 259 g/mol. The second kappa shape index (κ2) is 6.83. The summed E-state index contributed by atoms with van der Waals surface area (Å²) in [5, 5.41) is 13.6. The first-order valence-corrected chi connectivity index (χ1v) is 5.77. The largest absolute Gasteiger partial charge is 0.480 e. The molecule has 0 spiro atoms. The Kier molecular flexibility index (Phi) is 6.15. The van der Waals surface area contributed by atoms with Crippen LogP contribution in [0.4, 0.5) is 4.79 Å². The van der Waals surface area contributed by atoms with Crippen molar-refractivity contribution in [3.05, 3.63) is 0 Å². The van der Waals surface area contributed by atoms with E-state index in [0.29, 0.717) is 12.8 Å². The number of carboxylic acids is 1. The minimum Gasteiger partial charge on any atom is -0.480 e. The number of hydrogen-bond acceptors (Lipinski definition) is 3. The van der Waals surface area contributed by atoms with Crippen molar-refractivity contribution in [2.45, 2.75) is 39.7 Å². The van der Waals surface area contributed by atoms with Gasteiger partial charge in [-0.3, -0.25) is 4.79 Å². The highest BCUT2D eigenvalue weighted by atomic mass is 16.4. The summed E-state index contributed by atoms with van der Waals surface area (Å²) in [6.07, 6.45) is 0.992. The van der Waals surface area contributed by atoms with Gasteiger partial charge < -0.3 is 21.5 Å². The molecule has 0 aliphatic heterocycles. The van der Waals surface area contributed by atoms with E-state index in [1.165, 1.54) is 0 Å². The third kappa shape index (κ3) is 5.51. The molecule has 0 saturated carbocycles. The summed E-state index contributed by atoms with van der Waals surface area (Å²) in [6, 6.07) is -1.54. The Morgan fingerprint density at radius 3 is 2.28 bits per heavy atom. The van der Waals surface area contributed by atoms with E-state index in [9.17, 15) is 14.4 Å². The normalized spacial score (nSPS) is 12.6. The van der Waals surface area contributed by atoms with E-state index < -0.39 is 29.4 Å². The van der Waals surface area contributed by atoms with Crippen molar-refractivity contribution in [1.29, 1.82) is 0 Å². The summed E-state index contributed by atoms with van der Waals surface area (Å²) < 4.78 is 0. The molecule has 7 heteroatoms. The molecule has 0 aromatic carbocycles. The number of carboxylic acid groups (broad SMARTS) is 1. The van der Waals surface area contributed by atoms with E-state index in [2.05, 4.69) is 10.6 Å². The van der Waals surface area contributed by atoms with Gasteiger partial charge in [0.2, 0.25) is 5.91 Å². The van der Waals surface area contributed by atoms with Crippen molar-refractivity contribution in [2.75, 3.05) is 6.54 Å². The second-order valence-electron chi connectivity index (χ2n) is 4.75. The highest BCUT2D eigenvalue weighted by Gasteiger charge is 2.26.